The van der Waals surface area contributed by atoms with E-state index in [9.17, 15) is 9.59 Å². The highest BCUT2D eigenvalue weighted by atomic mass is 35.5. The van der Waals surface area contributed by atoms with Crippen LogP contribution in [0, 0.1) is 0 Å². The van der Waals surface area contributed by atoms with E-state index in [1.54, 1.807) is 18.2 Å². The minimum Gasteiger partial charge on any atom is -0.455 e. The Hall–Kier alpha value is -1.99. The van der Waals surface area contributed by atoms with Gasteiger partial charge in [-0.2, -0.15) is 0 Å². The summed E-state index contributed by atoms with van der Waals surface area (Å²) in [5.41, 5.74) is 0.668. The molecule has 2 aromatic rings. The number of nitrogens with zero attached hydrogens (tertiary/aromatic N) is 2. The Morgan fingerprint density at radius 2 is 2.35 bits per heavy atom. The molecule has 0 unspecified atom stereocenters. The number of halogens is 1. The van der Waals surface area contributed by atoms with Crippen molar-refractivity contribution < 1.29 is 18.8 Å². The van der Waals surface area contributed by atoms with E-state index < -0.39 is 10.8 Å². The molecule has 1 saturated heterocycles. The van der Waals surface area contributed by atoms with Gasteiger partial charge in [0.15, 0.2) is 17.2 Å². The zero-order chi connectivity index (χ0) is 16.0. The molecule has 2 aliphatic heterocycles. The fourth-order valence-corrected chi connectivity index (χ4v) is 4.42. The summed E-state index contributed by atoms with van der Waals surface area (Å²) in [6.45, 7) is -0.0136. The van der Waals surface area contributed by atoms with Gasteiger partial charge in [-0.3, -0.25) is 9.69 Å². The van der Waals surface area contributed by atoms with Gasteiger partial charge in [-0.25, -0.2) is 4.79 Å². The van der Waals surface area contributed by atoms with Gasteiger partial charge in [0.1, 0.15) is 0 Å². The number of hydrogen-bond acceptors (Lipinski definition) is 6. The van der Waals surface area contributed by atoms with Crippen molar-refractivity contribution in [2.24, 2.45) is 0 Å². The number of carbonyl (C=O) groups is 2. The van der Waals surface area contributed by atoms with Crippen LogP contribution in [0.5, 0.6) is 0 Å². The van der Waals surface area contributed by atoms with Gasteiger partial charge in [-0.05, 0) is 18.2 Å². The second-order valence-electron chi connectivity index (χ2n) is 5.28. The van der Waals surface area contributed by atoms with Crippen LogP contribution in [0.3, 0.4) is 0 Å². The highest BCUT2D eigenvalue weighted by molar-refractivity contribution is 8.02. The summed E-state index contributed by atoms with van der Waals surface area (Å²) >= 11 is 7.37. The maximum atomic E-state index is 12.7. The number of hydrogen-bond donors (Lipinski definition) is 0. The summed E-state index contributed by atoms with van der Waals surface area (Å²) in [5, 5.41) is 4.09. The number of aromatic nitrogens is 1. The lowest BCUT2D eigenvalue weighted by atomic mass is 10.2. The first-order valence-corrected chi connectivity index (χ1v) is 8.18. The van der Waals surface area contributed by atoms with E-state index in [1.165, 1.54) is 22.9 Å². The average Bonchev–Trinajstić information content (AvgIpc) is 3.22. The smallest absolute Gasteiger partial charge is 0.343 e. The second kappa shape index (κ2) is 5.28. The first-order valence-electron chi connectivity index (χ1n) is 6.98. The van der Waals surface area contributed by atoms with Crippen LogP contribution in [-0.2, 0) is 20.9 Å². The number of fused-ring (bicyclic) bond motifs is 3. The molecule has 3 heterocycles. The second-order valence-corrected chi connectivity index (χ2v) is 7.04. The van der Waals surface area contributed by atoms with Gasteiger partial charge in [-0.15, -0.1) is 0 Å². The molecule has 0 aliphatic carbocycles. The van der Waals surface area contributed by atoms with E-state index in [-0.39, 0.29) is 12.5 Å². The highest BCUT2D eigenvalue weighted by Gasteiger charge is 2.58. The SMILES string of the molecule is O=C1CC[C@@]2(C(=O)OCc3ccno3)Sc3ccc(Cl)cc3N12. The lowest BCUT2D eigenvalue weighted by Crippen LogP contribution is -2.47. The Morgan fingerprint density at radius 3 is 3.13 bits per heavy atom. The fourth-order valence-electron chi connectivity index (χ4n) is 2.86. The molecule has 6 nitrogen and oxygen atoms in total. The number of ether oxygens (including phenoxy) is 1. The summed E-state index contributed by atoms with van der Waals surface area (Å²) in [6, 6.07) is 6.89. The third kappa shape index (κ3) is 2.22. The fraction of sp³-hybridized carbons (Fsp3) is 0.267. The van der Waals surface area contributed by atoms with Crippen LogP contribution < -0.4 is 4.90 Å². The molecule has 2 aliphatic rings. The summed E-state index contributed by atoms with van der Waals surface area (Å²) in [7, 11) is 0. The van der Waals surface area contributed by atoms with Crippen molar-refractivity contribution in [2.45, 2.75) is 29.2 Å². The van der Waals surface area contributed by atoms with Crippen LogP contribution in [-0.4, -0.2) is 21.9 Å². The molecule has 4 rings (SSSR count). The molecule has 23 heavy (non-hydrogen) atoms. The van der Waals surface area contributed by atoms with Gasteiger partial charge in [0.25, 0.3) is 0 Å². The summed E-state index contributed by atoms with van der Waals surface area (Å²) in [4.78, 5) is 26.3. The summed E-state index contributed by atoms with van der Waals surface area (Å²) in [6.07, 6.45) is 2.18. The Balaban J connectivity index is 1.64. The number of amides is 1. The van der Waals surface area contributed by atoms with Crippen LogP contribution in [0.2, 0.25) is 5.02 Å². The quantitative estimate of drug-likeness (QED) is 0.792. The monoisotopic (exact) mass is 350 g/mol. The first kappa shape index (κ1) is 14.6. The summed E-state index contributed by atoms with van der Waals surface area (Å²) < 4.78 is 10.3. The number of carbonyl (C=O) groups excluding carboxylic acids is 2. The number of benzene rings is 1. The molecule has 0 saturated carbocycles. The minimum atomic E-state index is -1.05. The Kier molecular flexibility index (Phi) is 3.35. The molecule has 1 aromatic carbocycles. The Morgan fingerprint density at radius 1 is 1.48 bits per heavy atom. The molecule has 1 aromatic heterocycles. The zero-order valence-electron chi connectivity index (χ0n) is 11.8. The van der Waals surface area contributed by atoms with Crippen molar-refractivity contribution in [1.82, 2.24) is 5.16 Å². The Labute approximate surface area is 140 Å². The molecule has 118 valence electrons. The standard InChI is InChI=1S/C15H11ClN2O4S/c16-9-1-2-12-11(7-9)18-13(19)3-5-15(18,23-12)14(20)21-8-10-4-6-17-22-10/h1-2,4,6-7H,3,5,8H2/t15-/m0/s1. The molecule has 0 radical (unpaired) electrons. The van der Waals surface area contributed by atoms with Crippen LogP contribution in [0.1, 0.15) is 18.6 Å². The first-order chi connectivity index (χ1) is 11.1. The highest BCUT2D eigenvalue weighted by Crippen LogP contribution is 2.56. The predicted octanol–water partition coefficient (Wildman–Crippen LogP) is 3.00. The zero-order valence-corrected chi connectivity index (χ0v) is 13.4. The van der Waals surface area contributed by atoms with Crippen LogP contribution in [0.15, 0.2) is 39.9 Å². The number of esters is 1. The summed E-state index contributed by atoms with van der Waals surface area (Å²) in [5.74, 6) is -0.110. The largest absolute Gasteiger partial charge is 0.455 e. The molecule has 0 spiro atoms. The van der Waals surface area contributed by atoms with E-state index in [2.05, 4.69) is 5.16 Å². The minimum absolute atomic E-state index is 0.0136. The van der Waals surface area contributed by atoms with Crippen molar-refractivity contribution in [2.75, 3.05) is 4.90 Å². The van der Waals surface area contributed by atoms with E-state index in [0.717, 1.165) is 4.90 Å². The van der Waals surface area contributed by atoms with Crippen LogP contribution in [0.4, 0.5) is 5.69 Å². The topological polar surface area (TPSA) is 72.6 Å². The van der Waals surface area contributed by atoms with Gasteiger partial charge in [-0.1, -0.05) is 28.5 Å². The molecule has 1 fully saturated rings. The van der Waals surface area contributed by atoms with E-state index in [1.807, 2.05) is 6.07 Å². The van der Waals surface area contributed by atoms with Crippen molar-refractivity contribution in [1.29, 1.82) is 0 Å². The van der Waals surface area contributed by atoms with E-state index in [4.69, 9.17) is 20.9 Å². The van der Waals surface area contributed by atoms with Gasteiger partial charge in [0, 0.05) is 28.8 Å². The van der Waals surface area contributed by atoms with Gasteiger partial charge in [0.2, 0.25) is 5.91 Å². The third-order valence-electron chi connectivity index (χ3n) is 3.88. The third-order valence-corrected chi connectivity index (χ3v) is 5.58. The molecule has 1 atom stereocenters. The number of thioether (sulfide) groups is 1. The molecule has 8 heteroatoms. The van der Waals surface area contributed by atoms with Crippen molar-refractivity contribution in [3.63, 3.8) is 0 Å². The number of rotatable bonds is 3. The number of anilines is 1. The molecule has 0 bridgehead atoms. The normalized spacial score (nSPS) is 22.1. The molecular weight excluding hydrogens is 340 g/mol. The lowest BCUT2D eigenvalue weighted by Gasteiger charge is -2.28. The Bertz CT molecular complexity index is 795. The van der Waals surface area contributed by atoms with Crippen molar-refractivity contribution >= 4 is 40.9 Å². The molecule has 1 amide bonds. The van der Waals surface area contributed by atoms with Crippen LogP contribution in [0.25, 0.3) is 0 Å². The predicted molar refractivity (Wildman–Crippen MR) is 83.1 cm³/mol. The van der Waals surface area contributed by atoms with Gasteiger partial charge in [0.05, 0.1) is 11.9 Å². The maximum absolute atomic E-state index is 12.7. The maximum Gasteiger partial charge on any atom is 0.343 e. The lowest BCUT2D eigenvalue weighted by molar-refractivity contribution is -0.148. The van der Waals surface area contributed by atoms with Crippen LogP contribution >= 0.6 is 23.4 Å². The van der Waals surface area contributed by atoms with Crippen molar-refractivity contribution in [3.05, 3.63) is 41.2 Å². The van der Waals surface area contributed by atoms with Gasteiger partial charge >= 0.3 is 5.97 Å². The molecular formula is C15H11ClN2O4S. The van der Waals surface area contributed by atoms with E-state index >= 15 is 0 Å². The van der Waals surface area contributed by atoms with E-state index in [0.29, 0.717) is 29.3 Å². The van der Waals surface area contributed by atoms with Crippen molar-refractivity contribution in [3.8, 4) is 0 Å². The molecule has 0 N–H and O–H groups in total. The van der Waals surface area contributed by atoms with Gasteiger partial charge < -0.3 is 9.26 Å². The average molecular weight is 351 g/mol.